The third-order valence-corrected chi connectivity index (χ3v) is 4.27. The lowest BCUT2D eigenvalue weighted by Crippen LogP contribution is -2.50. The molecule has 114 valence electrons. The first-order valence-electron chi connectivity index (χ1n) is 8.26. The monoisotopic (exact) mass is 269 g/mol. The Hall–Kier alpha value is -0.120. The summed E-state index contributed by atoms with van der Waals surface area (Å²) in [5, 5.41) is 3.65. The topological polar surface area (TPSA) is 18.5 Å². The van der Waals surface area contributed by atoms with Crippen LogP contribution in [0.1, 0.15) is 53.4 Å². The minimum atomic E-state index is 0.592. The summed E-state index contributed by atoms with van der Waals surface area (Å²) < 4.78 is 0. The quantitative estimate of drug-likeness (QED) is 0.766. The molecule has 0 aromatic rings. The molecule has 0 saturated carbocycles. The minimum absolute atomic E-state index is 0.592. The van der Waals surface area contributed by atoms with Gasteiger partial charge < -0.3 is 10.2 Å². The second kappa shape index (κ2) is 8.93. The van der Waals surface area contributed by atoms with E-state index in [0.29, 0.717) is 12.1 Å². The molecule has 0 aromatic heterocycles. The molecular formula is C16H35N3. The first-order valence-corrected chi connectivity index (χ1v) is 8.26. The van der Waals surface area contributed by atoms with Gasteiger partial charge in [0, 0.05) is 37.8 Å². The first-order chi connectivity index (χ1) is 9.08. The van der Waals surface area contributed by atoms with Crippen molar-refractivity contribution in [1.82, 2.24) is 15.1 Å². The zero-order valence-corrected chi connectivity index (χ0v) is 13.8. The number of hydrogen-bond donors (Lipinski definition) is 1. The molecule has 2 atom stereocenters. The molecule has 0 amide bonds. The molecule has 2 unspecified atom stereocenters. The van der Waals surface area contributed by atoms with E-state index >= 15 is 0 Å². The van der Waals surface area contributed by atoms with Crippen LogP contribution in [0, 0.1) is 0 Å². The van der Waals surface area contributed by atoms with Crippen molar-refractivity contribution in [3.05, 3.63) is 0 Å². The molecule has 0 radical (unpaired) electrons. The van der Waals surface area contributed by atoms with Gasteiger partial charge in [0.15, 0.2) is 0 Å². The van der Waals surface area contributed by atoms with E-state index in [0.717, 1.165) is 12.6 Å². The van der Waals surface area contributed by atoms with E-state index in [4.69, 9.17) is 0 Å². The molecular weight excluding hydrogens is 234 g/mol. The van der Waals surface area contributed by atoms with Crippen LogP contribution in [0.15, 0.2) is 0 Å². The second-order valence-corrected chi connectivity index (χ2v) is 6.42. The molecule has 3 heteroatoms. The Morgan fingerprint density at radius 2 is 1.95 bits per heavy atom. The molecule has 1 rings (SSSR count). The van der Waals surface area contributed by atoms with Gasteiger partial charge in [-0.1, -0.05) is 34.1 Å². The van der Waals surface area contributed by atoms with Crippen LogP contribution < -0.4 is 5.32 Å². The van der Waals surface area contributed by atoms with Crippen molar-refractivity contribution in [3.8, 4) is 0 Å². The third-order valence-electron chi connectivity index (χ3n) is 4.27. The smallest absolute Gasteiger partial charge is 0.0224 e. The lowest BCUT2D eigenvalue weighted by Gasteiger charge is -2.37. The SMILES string of the molecule is CCCC(CNC(C)C)N1CCCN(C)CC1CC. The van der Waals surface area contributed by atoms with Crippen LogP contribution in [0.2, 0.25) is 0 Å². The summed E-state index contributed by atoms with van der Waals surface area (Å²) in [7, 11) is 2.27. The maximum atomic E-state index is 3.65. The Morgan fingerprint density at radius 1 is 1.21 bits per heavy atom. The highest BCUT2D eigenvalue weighted by Crippen LogP contribution is 2.18. The van der Waals surface area contributed by atoms with Gasteiger partial charge in [0.25, 0.3) is 0 Å². The van der Waals surface area contributed by atoms with Crippen LogP contribution in [-0.4, -0.2) is 61.2 Å². The molecule has 3 nitrogen and oxygen atoms in total. The summed E-state index contributed by atoms with van der Waals surface area (Å²) in [6.07, 6.45) is 5.19. The summed E-state index contributed by atoms with van der Waals surface area (Å²) >= 11 is 0. The van der Waals surface area contributed by atoms with Crippen molar-refractivity contribution < 1.29 is 0 Å². The van der Waals surface area contributed by atoms with Crippen molar-refractivity contribution in [1.29, 1.82) is 0 Å². The van der Waals surface area contributed by atoms with E-state index in [9.17, 15) is 0 Å². The molecule has 1 saturated heterocycles. The fraction of sp³-hybridized carbons (Fsp3) is 1.00. The van der Waals surface area contributed by atoms with Crippen LogP contribution in [0.25, 0.3) is 0 Å². The second-order valence-electron chi connectivity index (χ2n) is 6.42. The maximum Gasteiger partial charge on any atom is 0.0224 e. The average molecular weight is 269 g/mol. The summed E-state index contributed by atoms with van der Waals surface area (Å²) in [4.78, 5) is 5.30. The van der Waals surface area contributed by atoms with Gasteiger partial charge >= 0.3 is 0 Å². The first kappa shape index (κ1) is 16.9. The van der Waals surface area contributed by atoms with Crippen molar-refractivity contribution in [2.45, 2.75) is 71.5 Å². The minimum Gasteiger partial charge on any atom is -0.313 e. The van der Waals surface area contributed by atoms with Crippen molar-refractivity contribution >= 4 is 0 Å². The molecule has 0 aliphatic carbocycles. The van der Waals surface area contributed by atoms with Crippen LogP contribution in [-0.2, 0) is 0 Å². The van der Waals surface area contributed by atoms with Crippen LogP contribution in [0.3, 0.4) is 0 Å². The van der Waals surface area contributed by atoms with E-state index in [1.807, 2.05) is 0 Å². The normalized spacial score (nSPS) is 24.6. The molecule has 0 spiro atoms. The number of nitrogens with one attached hydrogen (secondary N) is 1. The molecule has 0 bridgehead atoms. The van der Waals surface area contributed by atoms with E-state index < -0.39 is 0 Å². The fourth-order valence-corrected chi connectivity index (χ4v) is 3.20. The highest BCUT2D eigenvalue weighted by molar-refractivity contribution is 4.84. The van der Waals surface area contributed by atoms with Crippen LogP contribution in [0.4, 0.5) is 0 Å². The Kier molecular flexibility index (Phi) is 7.96. The zero-order valence-electron chi connectivity index (χ0n) is 13.8. The van der Waals surface area contributed by atoms with Crippen molar-refractivity contribution in [2.75, 3.05) is 33.2 Å². The van der Waals surface area contributed by atoms with E-state index in [-0.39, 0.29) is 0 Å². The van der Waals surface area contributed by atoms with Crippen LogP contribution >= 0.6 is 0 Å². The Balaban J connectivity index is 2.66. The van der Waals surface area contributed by atoms with Gasteiger partial charge in [-0.25, -0.2) is 0 Å². The molecule has 1 N–H and O–H groups in total. The van der Waals surface area contributed by atoms with E-state index in [1.165, 1.54) is 45.3 Å². The molecule has 1 fully saturated rings. The van der Waals surface area contributed by atoms with Gasteiger partial charge in [-0.3, -0.25) is 4.90 Å². The van der Waals surface area contributed by atoms with Gasteiger partial charge in [-0.2, -0.15) is 0 Å². The van der Waals surface area contributed by atoms with Crippen LogP contribution in [0.5, 0.6) is 0 Å². The summed E-state index contributed by atoms with van der Waals surface area (Å²) in [5.74, 6) is 0. The highest BCUT2D eigenvalue weighted by Gasteiger charge is 2.27. The lowest BCUT2D eigenvalue weighted by molar-refractivity contribution is 0.117. The summed E-state index contributed by atoms with van der Waals surface area (Å²) in [6.45, 7) is 14.1. The predicted octanol–water partition coefficient (Wildman–Crippen LogP) is 2.57. The number of hydrogen-bond acceptors (Lipinski definition) is 3. The number of likely N-dealkylation sites (N-methyl/N-ethyl adjacent to an activating group) is 1. The fourth-order valence-electron chi connectivity index (χ4n) is 3.20. The van der Waals surface area contributed by atoms with E-state index in [2.05, 4.69) is 49.9 Å². The van der Waals surface area contributed by atoms with Gasteiger partial charge in [0.05, 0.1) is 0 Å². The van der Waals surface area contributed by atoms with Crippen molar-refractivity contribution in [3.63, 3.8) is 0 Å². The Morgan fingerprint density at radius 3 is 2.53 bits per heavy atom. The van der Waals surface area contributed by atoms with Gasteiger partial charge in [0.1, 0.15) is 0 Å². The molecule has 0 aromatic carbocycles. The predicted molar refractivity (Wildman–Crippen MR) is 84.7 cm³/mol. The third kappa shape index (κ3) is 5.80. The molecule has 19 heavy (non-hydrogen) atoms. The standard InChI is InChI=1S/C16H35N3/c1-6-9-16(12-17-14(3)4)19-11-8-10-18(5)13-15(19)7-2/h14-17H,6-13H2,1-5H3. The Labute approximate surface area is 120 Å². The van der Waals surface area contributed by atoms with Gasteiger partial charge in [0.2, 0.25) is 0 Å². The molecule has 1 aliphatic rings. The molecule has 1 heterocycles. The Bertz CT molecular complexity index is 230. The molecule has 1 aliphatic heterocycles. The summed E-state index contributed by atoms with van der Waals surface area (Å²) in [5.41, 5.74) is 0. The summed E-state index contributed by atoms with van der Waals surface area (Å²) in [6, 6.07) is 2.04. The maximum absolute atomic E-state index is 3.65. The average Bonchev–Trinajstić information content (AvgIpc) is 2.55. The largest absolute Gasteiger partial charge is 0.313 e. The van der Waals surface area contributed by atoms with Crippen molar-refractivity contribution in [2.24, 2.45) is 0 Å². The van der Waals surface area contributed by atoms with E-state index in [1.54, 1.807) is 0 Å². The van der Waals surface area contributed by atoms with Gasteiger partial charge in [-0.15, -0.1) is 0 Å². The zero-order chi connectivity index (χ0) is 14.3. The number of rotatable bonds is 7. The van der Waals surface area contributed by atoms with Gasteiger partial charge in [-0.05, 0) is 32.9 Å². The lowest BCUT2D eigenvalue weighted by atomic mass is 10.0. The number of nitrogens with zero attached hydrogens (tertiary/aromatic N) is 2. The highest BCUT2D eigenvalue weighted by atomic mass is 15.3.